The molecule has 0 radical (unpaired) electrons. The van der Waals surface area contributed by atoms with Crippen molar-refractivity contribution < 1.29 is 27.4 Å². The van der Waals surface area contributed by atoms with Crippen molar-refractivity contribution in [1.82, 2.24) is 4.98 Å². The summed E-state index contributed by atoms with van der Waals surface area (Å²) in [5, 5.41) is 0. The molecule has 0 N–H and O–H groups in total. The van der Waals surface area contributed by atoms with Crippen molar-refractivity contribution in [2.45, 2.75) is 25.6 Å². The van der Waals surface area contributed by atoms with Gasteiger partial charge in [-0.1, -0.05) is 0 Å². The van der Waals surface area contributed by atoms with Crippen LogP contribution in [-0.2, 0) is 21.8 Å². The van der Waals surface area contributed by atoms with E-state index in [0.717, 1.165) is 0 Å². The van der Waals surface area contributed by atoms with E-state index in [4.69, 9.17) is 16.3 Å². The molecular formula is C11H10ClF3INO3. The fraction of sp³-hybridized carbons (Fsp3) is 0.455. The molecule has 0 aliphatic rings. The third-order valence-corrected chi connectivity index (χ3v) is 2.91. The summed E-state index contributed by atoms with van der Waals surface area (Å²) in [6.45, 7) is 1.72. The van der Waals surface area contributed by atoms with Crippen LogP contribution in [0.25, 0.3) is 0 Å². The van der Waals surface area contributed by atoms with E-state index in [0.29, 0.717) is 3.70 Å². The monoisotopic (exact) mass is 423 g/mol. The van der Waals surface area contributed by atoms with Gasteiger partial charge in [0.2, 0.25) is 0 Å². The normalized spacial score (nSPS) is 11.3. The lowest BCUT2D eigenvalue weighted by Gasteiger charge is -2.15. The zero-order valence-electron chi connectivity index (χ0n) is 10.3. The van der Waals surface area contributed by atoms with E-state index in [-0.39, 0.29) is 23.7 Å². The number of esters is 1. The van der Waals surface area contributed by atoms with Crippen LogP contribution in [0.2, 0.25) is 0 Å². The number of halogens is 5. The van der Waals surface area contributed by atoms with Gasteiger partial charge in [0, 0.05) is 5.56 Å². The molecule has 0 amide bonds. The number of ether oxygens (including phenoxy) is 2. The Morgan fingerprint density at radius 1 is 1.50 bits per heavy atom. The Balaban J connectivity index is 3.18. The molecular weight excluding hydrogens is 413 g/mol. The Bertz CT molecular complexity index is 497. The minimum atomic E-state index is -4.89. The van der Waals surface area contributed by atoms with Gasteiger partial charge in [0.25, 0.3) is 0 Å². The van der Waals surface area contributed by atoms with Crippen LogP contribution in [0.1, 0.15) is 18.2 Å². The van der Waals surface area contributed by atoms with E-state index in [9.17, 15) is 18.0 Å². The third-order valence-electron chi connectivity index (χ3n) is 2.07. The van der Waals surface area contributed by atoms with Crippen molar-refractivity contribution in [3.05, 3.63) is 21.0 Å². The van der Waals surface area contributed by atoms with Crippen LogP contribution >= 0.6 is 34.2 Å². The van der Waals surface area contributed by atoms with Gasteiger partial charge in [-0.25, -0.2) is 4.98 Å². The summed E-state index contributed by atoms with van der Waals surface area (Å²) in [7, 11) is 0. The second-order valence-electron chi connectivity index (χ2n) is 3.54. The van der Waals surface area contributed by atoms with Crippen molar-refractivity contribution in [3.8, 4) is 5.75 Å². The number of aromatic nitrogens is 1. The van der Waals surface area contributed by atoms with Crippen molar-refractivity contribution in [2.24, 2.45) is 0 Å². The summed E-state index contributed by atoms with van der Waals surface area (Å²) >= 11 is 7.43. The Kier molecular flexibility index (Phi) is 6.31. The van der Waals surface area contributed by atoms with Gasteiger partial charge in [0.1, 0.15) is 3.70 Å². The topological polar surface area (TPSA) is 48.4 Å². The summed E-state index contributed by atoms with van der Waals surface area (Å²) in [5.74, 6) is -1.42. The molecule has 0 aliphatic heterocycles. The Labute approximate surface area is 131 Å². The lowest BCUT2D eigenvalue weighted by Crippen LogP contribution is -2.21. The van der Waals surface area contributed by atoms with Crippen molar-refractivity contribution in [1.29, 1.82) is 0 Å². The molecule has 1 heterocycles. The highest BCUT2D eigenvalue weighted by Crippen LogP contribution is 2.31. The molecule has 0 fully saturated rings. The Morgan fingerprint density at radius 2 is 2.15 bits per heavy atom. The Morgan fingerprint density at radius 3 is 2.65 bits per heavy atom. The second kappa shape index (κ2) is 7.30. The summed E-state index contributed by atoms with van der Waals surface area (Å²) in [4.78, 5) is 15.3. The first-order chi connectivity index (χ1) is 9.26. The maximum atomic E-state index is 12.4. The molecule has 0 atom stereocenters. The fourth-order valence-electron chi connectivity index (χ4n) is 1.41. The average Bonchev–Trinajstić information content (AvgIpc) is 2.31. The number of carbonyl (C=O) groups is 1. The number of hydrogen-bond acceptors (Lipinski definition) is 4. The van der Waals surface area contributed by atoms with Gasteiger partial charge in [-0.05, 0) is 35.6 Å². The smallest absolute Gasteiger partial charge is 0.466 e. The maximum absolute atomic E-state index is 12.4. The molecule has 0 aliphatic carbocycles. The van der Waals surface area contributed by atoms with Crippen LogP contribution in [0.3, 0.4) is 0 Å². The van der Waals surface area contributed by atoms with Gasteiger partial charge in [-0.15, -0.1) is 24.8 Å². The molecule has 0 spiro atoms. The number of rotatable bonds is 5. The SMILES string of the molecule is CCOC(=O)Cc1nc(I)cc(CCl)c1OC(F)(F)F. The van der Waals surface area contributed by atoms with Gasteiger partial charge in [-0.3, -0.25) is 4.79 Å². The van der Waals surface area contributed by atoms with E-state index in [1.165, 1.54) is 6.07 Å². The number of alkyl halides is 4. The van der Waals surface area contributed by atoms with Crippen LogP contribution in [0, 0.1) is 3.70 Å². The largest absolute Gasteiger partial charge is 0.573 e. The molecule has 0 unspecified atom stereocenters. The minimum absolute atomic E-state index is 0.114. The van der Waals surface area contributed by atoms with E-state index < -0.39 is 24.5 Å². The molecule has 1 aromatic heterocycles. The second-order valence-corrected chi connectivity index (χ2v) is 4.92. The lowest BCUT2D eigenvalue weighted by atomic mass is 10.2. The van der Waals surface area contributed by atoms with Gasteiger partial charge in [-0.2, -0.15) is 0 Å². The highest BCUT2D eigenvalue weighted by molar-refractivity contribution is 14.1. The van der Waals surface area contributed by atoms with Gasteiger partial charge >= 0.3 is 12.3 Å². The lowest BCUT2D eigenvalue weighted by molar-refractivity contribution is -0.275. The predicted molar refractivity (Wildman–Crippen MR) is 73.5 cm³/mol. The molecule has 0 saturated heterocycles. The van der Waals surface area contributed by atoms with Crippen molar-refractivity contribution >= 4 is 40.2 Å². The molecule has 4 nitrogen and oxygen atoms in total. The van der Waals surface area contributed by atoms with Crippen molar-refractivity contribution in [2.75, 3.05) is 6.61 Å². The third kappa shape index (κ3) is 5.31. The summed E-state index contributed by atoms with van der Waals surface area (Å²) < 4.78 is 46.3. The predicted octanol–water partition coefficient (Wildman–Crippen LogP) is 3.43. The highest BCUT2D eigenvalue weighted by Gasteiger charge is 2.34. The van der Waals surface area contributed by atoms with E-state index in [2.05, 4.69) is 9.72 Å². The molecule has 0 bridgehead atoms. The standard InChI is InChI=1S/C11H10ClF3INO3/c1-2-19-9(18)4-7-10(20-11(13,14)15)6(5-12)3-8(16)17-7/h3H,2,4-5H2,1H3. The fourth-order valence-corrected chi connectivity index (χ4v) is 2.28. The molecule has 20 heavy (non-hydrogen) atoms. The number of pyridine rings is 1. The first-order valence-corrected chi connectivity index (χ1v) is 7.03. The zero-order valence-corrected chi connectivity index (χ0v) is 13.2. The van der Waals surface area contributed by atoms with Crippen LogP contribution in [0.5, 0.6) is 5.75 Å². The summed E-state index contributed by atoms with van der Waals surface area (Å²) in [5.41, 5.74) is -0.0361. The summed E-state index contributed by atoms with van der Waals surface area (Å²) in [6, 6.07) is 1.36. The first-order valence-electron chi connectivity index (χ1n) is 5.42. The van der Waals surface area contributed by atoms with Crippen LogP contribution < -0.4 is 4.74 Å². The number of carbonyl (C=O) groups excluding carboxylic acids is 1. The Hall–Kier alpha value is -0.770. The molecule has 112 valence electrons. The first kappa shape index (κ1) is 17.3. The van der Waals surface area contributed by atoms with Crippen LogP contribution in [-0.4, -0.2) is 23.9 Å². The number of hydrogen-bond donors (Lipinski definition) is 0. The zero-order chi connectivity index (χ0) is 15.3. The minimum Gasteiger partial charge on any atom is -0.466 e. The molecule has 0 aromatic carbocycles. The molecule has 0 saturated carbocycles. The molecule has 1 rings (SSSR count). The summed E-state index contributed by atoms with van der Waals surface area (Å²) in [6.07, 6.45) is -5.31. The molecule has 1 aromatic rings. The number of nitrogens with zero attached hydrogens (tertiary/aromatic N) is 1. The van der Waals surface area contributed by atoms with Gasteiger partial charge < -0.3 is 9.47 Å². The van der Waals surface area contributed by atoms with Gasteiger partial charge in [0.15, 0.2) is 5.75 Å². The quantitative estimate of drug-likeness (QED) is 0.315. The van der Waals surface area contributed by atoms with E-state index in [1.807, 2.05) is 22.6 Å². The highest BCUT2D eigenvalue weighted by atomic mass is 127. The van der Waals surface area contributed by atoms with Crippen LogP contribution in [0.4, 0.5) is 13.2 Å². The van der Waals surface area contributed by atoms with E-state index >= 15 is 0 Å². The average molecular weight is 424 g/mol. The van der Waals surface area contributed by atoms with Gasteiger partial charge in [0.05, 0.1) is 24.6 Å². The van der Waals surface area contributed by atoms with E-state index in [1.54, 1.807) is 6.92 Å². The maximum Gasteiger partial charge on any atom is 0.573 e. The van der Waals surface area contributed by atoms with Crippen molar-refractivity contribution in [3.63, 3.8) is 0 Å². The van der Waals surface area contributed by atoms with Crippen LogP contribution in [0.15, 0.2) is 6.07 Å². The molecule has 9 heteroatoms.